The molecule has 1 aliphatic heterocycles. The minimum absolute atomic E-state index is 0.0400. The van der Waals surface area contributed by atoms with E-state index in [1.54, 1.807) is 0 Å². The first-order chi connectivity index (χ1) is 9.09. The highest BCUT2D eigenvalue weighted by Crippen LogP contribution is 2.25. The topological polar surface area (TPSA) is 36.9 Å². The molecule has 0 N–H and O–H groups in total. The third-order valence-electron chi connectivity index (χ3n) is 3.02. The van der Waals surface area contributed by atoms with Crippen molar-refractivity contribution in [1.82, 2.24) is 0 Å². The maximum atomic E-state index is 6.46. The molecular formula is C13H27ClO4Si. The van der Waals surface area contributed by atoms with Crippen LogP contribution in [0.1, 0.15) is 40.0 Å². The fourth-order valence-electron chi connectivity index (χ4n) is 2.18. The van der Waals surface area contributed by atoms with Gasteiger partial charge in [0.1, 0.15) is 0 Å². The zero-order valence-corrected chi connectivity index (χ0v) is 14.1. The molecule has 0 bridgehead atoms. The number of rotatable bonds is 9. The maximum absolute atomic E-state index is 6.46. The van der Waals surface area contributed by atoms with Crippen LogP contribution in [0.5, 0.6) is 0 Å². The van der Waals surface area contributed by atoms with Gasteiger partial charge in [-0.15, -0.1) is 0 Å². The van der Waals surface area contributed by atoms with Gasteiger partial charge in [-0.2, -0.15) is 0 Å². The second-order valence-corrected chi connectivity index (χ2v) is 9.00. The van der Waals surface area contributed by atoms with E-state index < -0.39 is 7.87 Å². The summed E-state index contributed by atoms with van der Waals surface area (Å²) >= 11 is 6.46. The highest BCUT2D eigenvalue weighted by Gasteiger charge is 2.37. The van der Waals surface area contributed by atoms with E-state index in [-0.39, 0.29) is 6.29 Å². The maximum Gasteiger partial charge on any atom is 0.443 e. The van der Waals surface area contributed by atoms with Gasteiger partial charge in [0, 0.05) is 25.9 Å². The molecule has 1 aliphatic rings. The minimum Gasteiger partial charge on any atom is -0.383 e. The SMILES string of the molecule is CCO[Si](Cl)(CC(C)COC1CCCCO1)OCC. The number of halogens is 1. The fraction of sp³-hybridized carbons (Fsp3) is 1.00. The predicted molar refractivity (Wildman–Crippen MR) is 78.4 cm³/mol. The van der Waals surface area contributed by atoms with E-state index >= 15 is 0 Å². The Morgan fingerprint density at radius 1 is 1.26 bits per heavy atom. The van der Waals surface area contributed by atoms with Gasteiger partial charge in [0.25, 0.3) is 0 Å². The molecule has 0 aromatic carbocycles. The van der Waals surface area contributed by atoms with Crippen LogP contribution in [-0.4, -0.2) is 40.6 Å². The first kappa shape index (κ1) is 17.4. The van der Waals surface area contributed by atoms with Gasteiger partial charge in [-0.1, -0.05) is 18.0 Å². The van der Waals surface area contributed by atoms with E-state index in [0.29, 0.717) is 25.7 Å². The van der Waals surface area contributed by atoms with Crippen LogP contribution in [0, 0.1) is 5.92 Å². The standard InChI is InChI=1S/C13H27ClO4Si/c1-4-17-19(14,18-5-2)11-12(3)10-16-13-8-6-7-9-15-13/h12-13H,4-11H2,1-3H3. The van der Waals surface area contributed by atoms with Crippen molar-refractivity contribution in [3.05, 3.63) is 0 Å². The number of hydrogen-bond donors (Lipinski definition) is 0. The van der Waals surface area contributed by atoms with E-state index in [0.717, 1.165) is 25.5 Å². The molecule has 19 heavy (non-hydrogen) atoms. The number of hydrogen-bond acceptors (Lipinski definition) is 4. The first-order valence-corrected chi connectivity index (χ1v) is 10.3. The molecule has 0 saturated carbocycles. The molecule has 0 aromatic rings. The largest absolute Gasteiger partial charge is 0.443 e. The fourth-order valence-corrected chi connectivity index (χ4v) is 5.76. The van der Waals surface area contributed by atoms with Crippen molar-refractivity contribution in [1.29, 1.82) is 0 Å². The molecule has 6 heteroatoms. The van der Waals surface area contributed by atoms with Gasteiger partial charge < -0.3 is 18.3 Å². The Morgan fingerprint density at radius 3 is 2.47 bits per heavy atom. The van der Waals surface area contributed by atoms with E-state index in [1.165, 1.54) is 6.42 Å². The Labute approximate surface area is 122 Å². The van der Waals surface area contributed by atoms with Gasteiger partial charge in [0.15, 0.2) is 6.29 Å². The third-order valence-corrected chi connectivity index (χ3v) is 6.76. The quantitative estimate of drug-likeness (QED) is 0.483. The predicted octanol–water partition coefficient (Wildman–Crippen LogP) is 3.42. The summed E-state index contributed by atoms with van der Waals surface area (Å²) in [6.45, 7) is 8.65. The molecule has 0 aromatic heterocycles. The van der Waals surface area contributed by atoms with Crippen LogP contribution in [0.15, 0.2) is 0 Å². The van der Waals surface area contributed by atoms with Crippen LogP contribution < -0.4 is 0 Å². The third kappa shape index (κ3) is 7.06. The Bertz CT molecular complexity index is 231. The van der Waals surface area contributed by atoms with Crippen LogP contribution in [0.2, 0.25) is 6.04 Å². The molecule has 114 valence electrons. The smallest absolute Gasteiger partial charge is 0.383 e. The summed E-state index contributed by atoms with van der Waals surface area (Å²) in [6.07, 6.45) is 3.28. The van der Waals surface area contributed by atoms with Crippen molar-refractivity contribution in [2.75, 3.05) is 26.4 Å². The number of ether oxygens (including phenoxy) is 2. The lowest BCUT2D eigenvalue weighted by Crippen LogP contribution is -2.39. The highest BCUT2D eigenvalue weighted by atomic mass is 35.6. The highest BCUT2D eigenvalue weighted by molar-refractivity contribution is 7.13. The molecule has 0 spiro atoms. The Kier molecular flexibility index (Phi) is 8.53. The summed E-state index contributed by atoms with van der Waals surface area (Å²) in [7, 11) is -2.55. The Hall–Kier alpha value is 0.347. The lowest BCUT2D eigenvalue weighted by atomic mass is 10.2. The second-order valence-electron chi connectivity index (χ2n) is 4.96. The van der Waals surface area contributed by atoms with Crippen molar-refractivity contribution in [3.63, 3.8) is 0 Å². The molecule has 0 radical (unpaired) electrons. The van der Waals surface area contributed by atoms with Crippen molar-refractivity contribution in [3.8, 4) is 0 Å². The lowest BCUT2D eigenvalue weighted by molar-refractivity contribution is -0.167. The van der Waals surface area contributed by atoms with Gasteiger partial charge in [-0.3, -0.25) is 0 Å². The van der Waals surface area contributed by atoms with Gasteiger partial charge >= 0.3 is 7.87 Å². The van der Waals surface area contributed by atoms with Crippen LogP contribution >= 0.6 is 11.1 Å². The van der Waals surface area contributed by atoms with Crippen LogP contribution in [-0.2, 0) is 18.3 Å². The lowest BCUT2D eigenvalue weighted by Gasteiger charge is -2.28. The monoisotopic (exact) mass is 310 g/mol. The van der Waals surface area contributed by atoms with Gasteiger partial charge in [-0.25, -0.2) is 0 Å². The molecule has 1 rings (SSSR count). The molecule has 0 amide bonds. The average Bonchev–Trinajstić information content (AvgIpc) is 2.38. The van der Waals surface area contributed by atoms with Gasteiger partial charge in [0.2, 0.25) is 0 Å². The van der Waals surface area contributed by atoms with Crippen LogP contribution in [0.4, 0.5) is 0 Å². The van der Waals surface area contributed by atoms with Crippen LogP contribution in [0.3, 0.4) is 0 Å². The van der Waals surface area contributed by atoms with Crippen LogP contribution in [0.25, 0.3) is 0 Å². The molecule has 2 unspecified atom stereocenters. The zero-order chi connectivity index (χ0) is 14.1. The Balaban J connectivity index is 2.28. The summed E-state index contributed by atoms with van der Waals surface area (Å²) in [5, 5.41) is 0. The normalized spacial score (nSPS) is 22.4. The average molecular weight is 311 g/mol. The summed E-state index contributed by atoms with van der Waals surface area (Å²) < 4.78 is 22.6. The van der Waals surface area contributed by atoms with Gasteiger partial charge in [0.05, 0.1) is 6.61 Å². The van der Waals surface area contributed by atoms with Gasteiger partial charge in [-0.05, 0) is 39.0 Å². The molecular weight excluding hydrogens is 284 g/mol. The molecule has 4 nitrogen and oxygen atoms in total. The first-order valence-electron chi connectivity index (χ1n) is 7.29. The zero-order valence-electron chi connectivity index (χ0n) is 12.3. The van der Waals surface area contributed by atoms with Crippen molar-refractivity contribution in [2.24, 2.45) is 5.92 Å². The van der Waals surface area contributed by atoms with Crippen molar-refractivity contribution < 1.29 is 18.3 Å². The van der Waals surface area contributed by atoms with Crippen molar-refractivity contribution >= 4 is 18.9 Å². The second kappa shape index (κ2) is 9.31. The van der Waals surface area contributed by atoms with Crippen molar-refractivity contribution in [2.45, 2.75) is 52.4 Å². The van der Waals surface area contributed by atoms with E-state index in [9.17, 15) is 0 Å². The van der Waals surface area contributed by atoms with E-state index in [4.69, 9.17) is 29.4 Å². The molecule has 0 aliphatic carbocycles. The summed E-state index contributed by atoms with van der Waals surface area (Å²) in [5.41, 5.74) is 0. The molecule has 1 fully saturated rings. The summed E-state index contributed by atoms with van der Waals surface area (Å²) in [5.74, 6) is 0.313. The van der Waals surface area contributed by atoms with E-state index in [2.05, 4.69) is 6.92 Å². The van der Waals surface area contributed by atoms with E-state index in [1.807, 2.05) is 13.8 Å². The molecule has 1 heterocycles. The summed E-state index contributed by atoms with van der Waals surface area (Å²) in [6, 6.07) is 0.739. The minimum atomic E-state index is -2.55. The molecule has 2 atom stereocenters. The molecule has 1 saturated heterocycles. The Morgan fingerprint density at radius 2 is 1.95 bits per heavy atom. The summed E-state index contributed by atoms with van der Waals surface area (Å²) in [4.78, 5) is 0.